The molecule has 0 amide bonds. The first kappa shape index (κ1) is 13.4. The number of esters is 1. The van der Waals surface area contributed by atoms with Gasteiger partial charge in [0.25, 0.3) is 0 Å². The van der Waals surface area contributed by atoms with Crippen LogP contribution in [0.4, 0.5) is 5.82 Å². The van der Waals surface area contributed by atoms with Gasteiger partial charge in [0, 0.05) is 12.7 Å². The van der Waals surface area contributed by atoms with Crippen molar-refractivity contribution in [2.45, 2.75) is 32.6 Å². The number of nitrogens with one attached hydrogen (secondary N) is 1. The number of carbonyl (C=O) groups is 1. The van der Waals surface area contributed by atoms with E-state index in [0.29, 0.717) is 12.2 Å². The molecule has 0 aliphatic heterocycles. The quantitative estimate of drug-likeness (QED) is 0.838. The summed E-state index contributed by atoms with van der Waals surface area (Å²) in [7, 11) is 0. The van der Waals surface area contributed by atoms with Crippen molar-refractivity contribution in [1.29, 1.82) is 0 Å². The minimum atomic E-state index is -0.306. The number of ether oxygens (including phenoxy) is 1. The summed E-state index contributed by atoms with van der Waals surface area (Å²) >= 11 is 0. The lowest BCUT2D eigenvalue weighted by Crippen LogP contribution is -2.20. The Kier molecular flexibility index (Phi) is 3.90. The van der Waals surface area contributed by atoms with E-state index in [2.05, 4.69) is 10.3 Å². The minimum absolute atomic E-state index is 0.306. The lowest BCUT2D eigenvalue weighted by molar-refractivity contribution is 0.0526. The van der Waals surface area contributed by atoms with Crippen LogP contribution in [0.5, 0.6) is 0 Å². The second-order valence-electron chi connectivity index (χ2n) is 5.97. The van der Waals surface area contributed by atoms with Crippen LogP contribution < -0.4 is 5.32 Å². The zero-order chi connectivity index (χ0) is 13.9. The van der Waals surface area contributed by atoms with Crippen molar-refractivity contribution < 1.29 is 9.53 Å². The van der Waals surface area contributed by atoms with Crippen molar-refractivity contribution in [1.82, 2.24) is 4.98 Å². The number of rotatable bonds is 5. The molecule has 4 heteroatoms. The molecule has 2 aliphatic carbocycles. The smallest absolute Gasteiger partial charge is 0.339 e. The van der Waals surface area contributed by atoms with Gasteiger partial charge >= 0.3 is 5.97 Å². The fraction of sp³-hybridized carbons (Fsp3) is 0.625. The molecule has 3 atom stereocenters. The number of hydrogen-bond acceptors (Lipinski definition) is 4. The van der Waals surface area contributed by atoms with E-state index in [1.807, 2.05) is 6.07 Å². The molecule has 1 heterocycles. The van der Waals surface area contributed by atoms with Gasteiger partial charge in [-0.1, -0.05) is 6.42 Å². The summed E-state index contributed by atoms with van der Waals surface area (Å²) in [6, 6.07) is 3.63. The van der Waals surface area contributed by atoms with Crippen molar-refractivity contribution in [3.05, 3.63) is 23.9 Å². The average Bonchev–Trinajstić information content (AvgIpc) is 3.08. The van der Waals surface area contributed by atoms with E-state index in [4.69, 9.17) is 4.74 Å². The fourth-order valence-electron chi connectivity index (χ4n) is 3.70. The molecule has 108 valence electrons. The second kappa shape index (κ2) is 5.81. The molecule has 20 heavy (non-hydrogen) atoms. The summed E-state index contributed by atoms with van der Waals surface area (Å²) in [4.78, 5) is 15.8. The number of fused-ring (bicyclic) bond motifs is 2. The van der Waals surface area contributed by atoms with Crippen molar-refractivity contribution in [3.8, 4) is 0 Å². The Hall–Kier alpha value is -1.58. The van der Waals surface area contributed by atoms with Crippen molar-refractivity contribution in [3.63, 3.8) is 0 Å². The summed E-state index contributed by atoms with van der Waals surface area (Å²) in [5.41, 5.74) is 0.511. The van der Waals surface area contributed by atoms with Crippen molar-refractivity contribution in [2.24, 2.45) is 17.8 Å². The van der Waals surface area contributed by atoms with Crippen molar-refractivity contribution in [2.75, 3.05) is 18.5 Å². The highest BCUT2D eigenvalue weighted by molar-refractivity contribution is 5.89. The predicted molar refractivity (Wildman–Crippen MR) is 77.6 cm³/mol. The Bertz CT molecular complexity index is 472. The molecule has 3 unspecified atom stereocenters. The van der Waals surface area contributed by atoms with Gasteiger partial charge in [0.2, 0.25) is 0 Å². The van der Waals surface area contributed by atoms with Crippen LogP contribution in [0.1, 0.15) is 43.0 Å². The van der Waals surface area contributed by atoms with Gasteiger partial charge in [-0.2, -0.15) is 0 Å². The van der Waals surface area contributed by atoms with E-state index in [1.165, 1.54) is 25.7 Å². The van der Waals surface area contributed by atoms with Crippen LogP contribution in [0, 0.1) is 17.8 Å². The topological polar surface area (TPSA) is 51.2 Å². The minimum Gasteiger partial charge on any atom is -0.462 e. The Balaban J connectivity index is 1.52. The molecule has 0 radical (unpaired) electrons. The van der Waals surface area contributed by atoms with E-state index >= 15 is 0 Å². The molecule has 4 nitrogen and oxygen atoms in total. The Morgan fingerprint density at radius 1 is 1.40 bits per heavy atom. The number of anilines is 1. The maximum atomic E-state index is 11.5. The molecule has 3 rings (SSSR count). The average molecular weight is 274 g/mol. The number of aromatic nitrogens is 1. The molecule has 0 saturated heterocycles. The van der Waals surface area contributed by atoms with E-state index in [9.17, 15) is 4.79 Å². The molecule has 2 saturated carbocycles. The van der Waals surface area contributed by atoms with Crippen molar-refractivity contribution >= 4 is 11.8 Å². The maximum Gasteiger partial charge on any atom is 0.339 e. The number of pyridine rings is 1. The Morgan fingerprint density at radius 3 is 2.90 bits per heavy atom. The van der Waals surface area contributed by atoms with Gasteiger partial charge in [-0.25, -0.2) is 9.78 Å². The number of hydrogen-bond donors (Lipinski definition) is 1. The highest BCUT2D eigenvalue weighted by Crippen LogP contribution is 2.48. The van der Waals surface area contributed by atoms with Gasteiger partial charge in [-0.3, -0.25) is 0 Å². The Labute approximate surface area is 119 Å². The maximum absolute atomic E-state index is 11.5. The zero-order valence-corrected chi connectivity index (χ0v) is 12.0. The summed E-state index contributed by atoms with van der Waals surface area (Å²) in [6.07, 6.45) is 7.24. The lowest BCUT2D eigenvalue weighted by atomic mass is 9.89. The van der Waals surface area contributed by atoms with Crippen LogP contribution in [-0.2, 0) is 4.74 Å². The normalized spacial score (nSPS) is 27.6. The number of carbonyl (C=O) groups excluding carboxylic acids is 1. The van der Waals surface area contributed by atoms with Gasteiger partial charge in [0.15, 0.2) is 0 Å². The SMILES string of the molecule is CCOC(=O)c1ccc(NCC2CC3CCC2C3)nc1. The predicted octanol–water partition coefficient (Wildman–Crippen LogP) is 3.11. The third kappa shape index (κ3) is 2.79. The lowest BCUT2D eigenvalue weighted by Gasteiger charge is -2.22. The monoisotopic (exact) mass is 274 g/mol. The molecule has 1 aromatic heterocycles. The Morgan fingerprint density at radius 2 is 2.30 bits per heavy atom. The number of nitrogens with zero attached hydrogens (tertiary/aromatic N) is 1. The van der Waals surface area contributed by atoms with E-state index in [1.54, 1.807) is 19.2 Å². The molecule has 2 bridgehead atoms. The standard InChI is InChI=1S/C16H22N2O2/c1-2-20-16(19)13-5-6-15(17-9-13)18-10-14-8-11-3-4-12(14)7-11/h5-6,9,11-12,14H,2-4,7-8,10H2,1H3,(H,17,18). The molecule has 0 spiro atoms. The van der Waals surface area contributed by atoms with Crippen LogP contribution >= 0.6 is 0 Å². The molecule has 1 N–H and O–H groups in total. The highest BCUT2D eigenvalue weighted by atomic mass is 16.5. The van der Waals surface area contributed by atoms with Gasteiger partial charge in [-0.05, 0) is 56.1 Å². The molecule has 1 aromatic rings. The fourth-order valence-corrected chi connectivity index (χ4v) is 3.70. The van der Waals surface area contributed by atoms with Crippen LogP contribution in [0.3, 0.4) is 0 Å². The second-order valence-corrected chi connectivity index (χ2v) is 5.97. The first-order valence-corrected chi connectivity index (χ1v) is 7.63. The molecule has 2 aliphatic rings. The molecule has 2 fully saturated rings. The first-order valence-electron chi connectivity index (χ1n) is 7.63. The third-order valence-corrected chi connectivity index (χ3v) is 4.70. The van der Waals surface area contributed by atoms with Crippen LogP contribution in [0.15, 0.2) is 18.3 Å². The summed E-state index contributed by atoms with van der Waals surface area (Å²) in [6.45, 7) is 3.20. The zero-order valence-electron chi connectivity index (χ0n) is 12.0. The van der Waals surface area contributed by atoms with Gasteiger partial charge in [0.05, 0.1) is 12.2 Å². The molecular weight excluding hydrogens is 252 g/mol. The van der Waals surface area contributed by atoms with Gasteiger partial charge < -0.3 is 10.1 Å². The first-order chi connectivity index (χ1) is 9.76. The van der Waals surface area contributed by atoms with Crippen LogP contribution in [0.2, 0.25) is 0 Å². The van der Waals surface area contributed by atoms with Gasteiger partial charge in [0.1, 0.15) is 5.82 Å². The summed E-state index contributed by atoms with van der Waals surface area (Å²) < 4.78 is 4.94. The van der Waals surface area contributed by atoms with E-state index in [0.717, 1.165) is 30.1 Å². The molecule has 0 aromatic carbocycles. The molecular formula is C16H22N2O2. The summed E-state index contributed by atoms with van der Waals surface area (Å²) in [5, 5.41) is 3.41. The van der Waals surface area contributed by atoms with E-state index < -0.39 is 0 Å². The van der Waals surface area contributed by atoms with Crippen LogP contribution in [0.25, 0.3) is 0 Å². The van der Waals surface area contributed by atoms with Gasteiger partial charge in [-0.15, -0.1) is 0 Å². The largest absolute Gasteiger partial charge is 0.462 e. The summed E-state index contributed by atoms with van der Waals surface area (Å²) in [5.74, 6) is 3.25. The van der Waals surface area contributed by atoms with E-state index in [-0.39, 0.29) is 5.97 Å². The highest BCUT2D eigenvalue weighted by Gasteiger charge is 2.39. The van der Waals surface area contributed by atoms with Crippen LogP contribution in [-0.4, -0.2) is 24.1 Å². The third-order valence-electron chi connectivity index (χ3n) is 4.70.